The highest BCUT2D eigenvalue weighted by molar-refractivity contribution is 6.33. The molecular formula is C15H12ClN3O2. The largest absolute Gasteiger partial charge is 0.462 e. The van der Waals surface area contributed by atoms with Crippen LogP contribution in [0.4, 0.5) is 0 Å². The lowest BCUT2D eigenvalue weighted by molar-refractivity contribution is 0.0526. The Balaban J connectivity index is 2.25. The molecule has 0 amide bonds. The number of esters is 1. The Bertz CT molecular complexity index is 799. The Morgan fingerprint density at radius 3 is 2.81 bits per heavy atom. The van der Waals surface area contributed by atoms with E-state index >= 15 is 0 Å². The molecule has 0 saturated heterocycles. The molecule has 0 fully saturated rings. The SMILES string of the molecule is CCOC(=O)c1cn2ncc(Cl)c2nc1-c1ccccc1. The summed E-state index contributed by atoms with van der Waals surface area (Å²) < 4.78 is 6.57. The number of benzene rings is 1. The lowest BCUT2D eigenvalue weighted by Crippen LogP contribution is -2.10. The van der Waals surface area contributed by atoms with Gasteiger partial charge in [-0.25, -0.2) is 14.3 Å². The molecule has 3 aromatic rings. The second-order valence-electron chi connectivity index (χ2n) is 4.35. The summed E-state index contributed by atoms with van der Waals surface area (Å²) in [6.07, 6.45) is 3.09. The zero-order valence-electron chi connectivity index (χ0n) is 11.3. The zero-order valence-corrected chi connectivity index (χ0v) is 12.0. The maximum absolute atomic E-state index is 12.2. The fourth-order valence-corrected chi connectivity index (χ4v) is 2.23. The molecule has 6 heteroatoms. The number of hydrogen-bond donors (Lipinski definition) is 0. The molecule has 106 valence electrons. The van der Waals surface area contributed by atoms with Crippen LogP contribution in [0.2, 0.25) is 5.02 Å². The van der Waals surface area contributed by atoms with E-state index in [-0.39, 0.29) is 0 Å². The molecule has 0 unspecified atom stereocenters. The van der Waals surface area contributed by atoms with Gasteiger partial charge in [0.05, 0.1) is 18.5 Å². The molecule has 0 aliphatic heterocycles. The Labute approximate surface area is 126 Å². The van der Waals surface area contributed by atoms with Crippen LogP contribution in [0.15, 0.2) is 42.7 Å². The predicted molar refractivity (Wildman–Crippen MR) is 79.4 cm³/mol. The number of aromatic nitrogens is 3. The van der Waals surface area contributed by atoms with Crippen molar-refractivity contribution in [3.63, 3.8) is 0 Å². The van der Waals surface area contributed by atoms with E-state index in [9.17, 15) is 4.79 Å². The van der Waals surface area contributed by atoms with E-state index in [0.717, 1.165) is 5.56 Å². The van der Waals surface area contributed by atoms with E-state index < -0.39 is 5.97 Å². The summed E-state index contributed by atoms with van der Waals surface area (Å²) in [5.41, 5.74) is 2.21. The van der Waals surface area contributed by atoms with Crippen molar-refractivity contribution in [3.8, 4) is 11.3 Å². The first-order valence-electron chi connectivity index (χ1n) is 6.47. The molecule has 0 saturated carbocycles. The Hall–Kier alpha value is -2.40. The molecular weight excluding hydrogens is 290 g/mol. The van der Waals surface area contributed by atoms with Crippen LogP contribution in [0.5, 0.6) is 0 Å². The number of hydrogen-bond acceptors (Lipinski definition) is 4. The molecule has 0 bridgehead atoms. The van der Waals surface area contributed by atoms with Crippen molar-refractivity contribution in [1.29, 1.82) is 0 Å². The van der Waals surface area contributed by atoms with Gasteiger partial charge < -0.3 is 4.74 Å². The number of carbonyl (C=O) groups excluding carboxylic acids is 1. The number of rotatable bonds is 3. The molecule has 0 N–H and O–H groups in total. The summed E-state index contributed by atoms with van der Waals surface area (Å²) in [5, 5.41) is 4.50. The van der Waals surface area contributed by atoms with Crippen LogP contribution in [0.1, 0.15) is 17.3 Å². The topological polar surface area (TPSA) is 56.5 Å². The third-order valence-corrected chi connectivity index (χ3v) is 3.26. The van der Waals surface area contributed by atoms with Gasteiger partial charge in [-0.2, -0.15) is 5.10 Å². The van der Waals surface area contributed by atoms with Gasteiger partial charge in [0, 0.05) is 11.8 Å². The average molecular weight is 302 g/mol. The fourth-order valence-electron chi connectivity index (χ4n) is 2.06. The van der Waals surface area contributed by atoms with Crippen molar-refractivity contribution >= 4 is 23.2 Å². The van der Waals surface area contributed by atoms with E-state index in [0.29, 0.717) is 28.5 Å². The Kier molecular flexibility index (Phi) is 3.58. The summed E-state index contributed by atoms with van der Waals surface area (Å²) in [7, 11) is 0. The first-order valence-corrected chi connectivity index (χ1v) is 6.85. The molecule has 3 rings (SSSR count). The van der Waals surface area contributed by atoms with E-state index in [1.165, 1.54) is 10.7 Å². The van der Waals surface area contributed by atoms with Crippen LogP contribution in [0.3, 0.4) is 0 Å². The summed E-state index contributed by atoms with van der Waals surface area (Å²) in [6, 6.07) is 9.43. The van der Waals surface area contributed by atoms with Crippen molar-refractivity contribution in [3.05, 3.63) is 53.3 Å². The maximum atomic E-state index is 12.2. The van der Waals surface area contributed by atoms with Gasteiger partial charge in [-0.15, -0.1) is 0 Å². The van der Waals surface area contributed by atoms with Gasteiger partial charge in [0.15, 0.2) is 5.65 Å². The Morgan fingerprint density at radius 2 is 2.10 bits per heavy atom. The van der Waals surface area contributed by atoms with Crippen molar-refractivity contribution < 1.29 is 9.53 Å². The van der Waals surface area contributed by atoms with Crippen LogP contribution in [0, 0.1) is 0 Å². The summed E-state index contributed by atoms with van der Waals surface area (Å²) in [6.45, 7) is 2.06. The Morgan fingerprint density at radius 1 is 1.33 bits per heavy atom. The smallest absolute Gasteiger partial charge is 0.341 e. The van der Waals surface area contributed by atoms with Crippen LogP contribution >= 0.6 is 11.6 Å². The first-order chi connectivity index (χ1) is 10.2. The minimum Gasteiger partial charge on any atom is -0.462 e. The average Bonchev–Trinajstić information content (AvgIpc) is 2.88. The molecule has 0 aliphatic carbocycles. The molecule has 2 heterocycles. The predicted octanol–water partition coefficient (Wildman–Crippen LogP) is 3.23. The van der Waals surface area contributed by atoms with Gasteiger partial charge in [0.1, 0.15) is 10.6 Å². The molecule has 0 atom stereocenters. The van der Waals surface area contributed by atoms with Crippen LogP contribution in [0.25, 0.3) is 16.9 Å². The third kappa shape index (κ3) is 2.48. The third-order valence-electron chi connectivity index (χ3n) is 2.99. The van der Waals surface area contributed by atoms with Gasteiger partial charge in [-0.3, -0.25) is 0 Å². The molecule has 2 aromatic heterocycles. The summed E-state index contributed by atoms with van der Waals surface area (Å²) in [5.74, 6) is -0.433. The standard InChI is InChI=1S/C15H12ClN3O2/c1-2-21-15(20)11-9-19-14(12(16)8-17-19)18-13(11)10-6-4-3-5-7-10/h3-9H,2H2,1H3. The fraction of sp³-hybridized carbons (Fsp3) is 0.133. The lowest BCUT2D eigenvalue weighted by Gasteiger charge is -2.09. The van der Waals surface area contributed by atoms with E-state index in [4.69, 9.17) is 16.3 Å². The van der Waals surface area contributed by atoms with Gasteiger partial charge in [-0.05, 0) is 6.92 Å². The highest BCUT2D eigenvalue weighted by Gasteiger charge is 2.18. The van der Waals surface area contributed by atoms with Crippen molar-refractivity contribution in [2.24, 2.45) is 0 Å². The molecule has 0 spiro atoms. The normalized spacial score (nSPS) is 10.8. The number of fused-ring (bicyclic) bond motifs is 1. The van der Waals surface area contributed by atoms with Crippen molar-refractivity contribution in [1.82, 2.24) is 14.6 Å². The quantitative estimate of drug-likeness (QED) is 0.697. The number of nitrogens with zero attached hydrogens (tertiary/aromatic N) is 3. The molecule has 0 aliphatic rings. The molecule has 21 heavy (non-hydrogen) atoms. The molecule has 5 nitrogen and oxygen atoms in total. The second kappa shape index (κ2) is 5.54. The highest BCUT2D eigenvalue weighted by Crippen LogP contribution is 2.25. The number of ether oxygens (including phenoxy) is 1. The maximum Gasteiger partial charge on any atom is 0.341 e. The van der Waals surface area contributed by atoms with Crippen LogP contribution in [-0.4, -0.2) is 27.2 Å². The summed E-state index contributed by atoms with van der Waals surface area (Å²) >= 11 is 6.06. The van der Waals surface area contributed by atoms with E-state index in [2.05, 4.69) is 10.1 Å². The first kappa shape index (κ1) is 13.6. The van der Waals surface area contributed by atoms with Gasteiger partial charge in [0.2, 0.25) is 0 Å². The lowest BCUT2D eigenvalue weighted by atomic mass is 10.1. The number of carbonyl (C=O) groups is 1. The minimum atomic E-state index is -0.433. The van der Waals surface area contributed by atoms with E-state index in [1.54, 1.807) is 13.1 Å². The number of halogens is 1. The van der Waals surface area contributed by atoms with Crippen molar-refractivity contribution in [2.75, 3.05) is 6.61 Å². The van der Waals surface area contributed by atoms with E-state index in [1.807, 2.05) is 30.3 Å². The minimum absolute atomic E-state index is 0.297. The highest BCUT2D eigenvalue weighted by atomic mass is 35.5. The van der Waals surface area contributed by atoms with Gasteiger partial charge in [0.25, 0.3) is 0 Å². The van der Waals surface area contributed by atoms with Crippen molar-refractivity contribution in [2.45, 2.75) is 6.92 Å². The van der Waals surface area contributed by atoms with Gasteiger partial charge >= 0.3 is 5.97 Å². The zero-order chi connectivity index (χ0) is 14.8. The second-order valence-corrected chi connectivity index (χ2v) is 4.76. The van der Waals surface area contributed by atoms with Crippen LogP contribution in [-0.2, 0) is 4.74 Å². The molecule has 1 aromatic carbocycles. The van der Waals surface area contributed by atoms with Crippen LogP contribution < -0.4 is 0 Å². The monoisotopic (exact) mass is 301 g/mol. The van der Waals surface area contributed by atoms with Gasteiger partial charge in [-0.1, -0.05) is 41.9 Å². The molecule has 0 radical (unpaired) electrons. The summed E-state index contributed by atoms with van der Waals surface area (Å²) in [4.78, 5) is 16.6.